The number of hydrogen-bond acceptors (Lipinski definition) is 6. The fourth-order valence-corrected chi connectivity index (χ4v) is 4.71. The van der Waals surface area contributed by atoms with Crippen molar-refractivity contribution in [2.75, 3.05) is 19.4 Å². The molecule has 0 radical (unpaired) electrons. The molecule has 0 bridgehead atoms. The number of thiazole rings is 1. The normalized spacial score (nSPS) is 11.6. The molecule has 0 saturated heterocycles. The molecule has 0 unspecified atom stereocenters. The Morgan fingerprint density at radius 2 is 1.75 bits per heavy atom. The highest BCUT2D eigenvalue weighted by atomic mass is 32.2. The average molecular weight is 468 g/mol. The van der Waals surface area contributed by atoms with Crippen molar-refractivity contribution in [1.82, 2.24) is 19.1 Å². The third kappa shape index (κ3) is 4.33. The van der Waals surface area contributed by atoms with Gasteiger partial charge in [0.05, 0.1) is 16.3 Å². The Kier molecular flexibility index (Phi) is 5.92. The Labute approximate surface area is 190 Å². The zero-order valence-electron chi connectivity index (χ0n) is 17.7. The molecule has 32 heavy (non-hydrogen) atoms. The van der Waals surface area contributed by atoms with E-state index in [0.717, 1.165) is 21.3 Å². The van der Waals surface area contributed by atoms with Crippen LogP contribution in [0.2, 0.25) is 0 Å². The smallest absolute Gasteiger partial charge is 0.256 e. The van der Waals surface area contributed by atoms with Crippen LogP contribution < -0.4 is 5.32 Å². The number of nitrogens with one attached hydrogen (secondary N) is 1. The number of carbonyl (C=O) groups excluding carboxylic acids is 1. The molecule has 164 valence electrons. The van der Waals surface area contributed by atoms with Crippen molar-refractivity contribution in [3.05, 3.63) is 77.3 Å². The number of benzene rings is 2. The molecule has 2 heterocycles. The Morgan fingerprint density at radius 3 is 2.41 bits per heavy atom. The molecule has 0 aliphatic rings. The topological polar surface area (TPSA) is 97.2 Å². The third-order valence-electron chi connectivity index (χ3n) is 4.71. The molecule has 2 aromatic heterocycles. The lowest BCUT2D eigenvalue weighted by molar-refractivity contribution is 0.102. The fourth-order valence-electron chi connectivity index (χ4n) is 3.01. The summed E-state index contributed by atoms with van der Waals surface area (Å²) in [6, 6.07) is 17.4. The van der Waals surface area contributed by atoms with Gasteiger partial charge in [-0.15, -0.1) is 11.3 Å². The van der Waals surface area contributed by atoms with Crippen LogP contribution in [0.4, 0.5) is 5.82 Å². The van der Waals surface area contributed by atoms with Crippen LogP contribution in [-0.2, 0) is 10.0 Å². The highest BCUT2D eigenvalue weighted by Crippen LogP contribution is 2.26. The first-order chi connectivity index (χ1) is 15.3. The van der Waals surface area contributed by atoms with E-state index in [2.05, 4.69) is 15.4 Å². The van der Waals surface area contributed by atoms with Crippen molar-refractivity contribution in [3.8, 4) is 16.4 Å². The average Bonchev–Trinajstić information content (AvgIpc) is 3.41. The van der Waals surface area contributed by atoms with Crippen LogP contribution >= 0.6 is 11.3 Å². The molecule has 0 fully saturated rings. The second-order valence-corrected chi connectivity index (χ2v) is 10.2. The lowest BCUT2D eigenvalue weighted by atomic mass is 10.2. The zero-order valence-corrected chi connectivity index (χ0v) is 19.3. The summed E-state index contributed by atoms with van der Waals surface area (Å²) in [5, 5.41) is 9.88. The highest BCUT2D eigenvalue weighted by molar-refractivity contribution is 7.89. The van der Waals surface area contributed by atoms with Gasteiger partial charge in [-0.05, 0) is 31.2 Å². The van der Waals surface area contributed by atoms with Gasteiger partial charge >= 0.3 is 0 Å². The van der Waals surface area contributed by atoms with E-state index in [-0.39, 0.29) is 10.8 Å². The molecule has 10 heteroatoms. The summed E-state index contributed by atoms with van der Waals surface area (Å²) in [7, 11) is -0.638. The van der Waals surface area contributed by atoms with Crippen molar-refractivity contribution in [3.63, 3.8) is 0 Å². The summed E-state index contributed by atoms with van der Waals surface area (Å²) in [5.74, 6) is 0.103. The van der Waals surface area contributed by atoms with Crippen LogP contribution in [0.15, 0.2) is 70.9 Å². The largest absolute Gasteiger partial charge is 0.306 e. The van der Waals surface area contributed by atoms with Crippen LogP contribution in [0.25, 0.3) is 16.4 Å². The summed E-state index contributed by atoms with van der Waals surface area (Å²) < 4.78 is 27.2. The Hall–Kier alpha value is -3.34. The third-order valence-corrected chi connectivity index (χ3v) is 7.36. The van der Waals surface area contributed by atoms with Gasteiger partial charge in [-0.25, -0.2) is 17.7 Å². The monoisotopic (exact) mass is 467 g/mol. The molecule has 1 N–H and O–H groups in total. The number of aryl methyl sites for hydroxylation is 1. The summed E-state index contributed by atoms with van der Waals surface area (Å²) in [4.78, 5) is 17.6. The van der Waals surface area contributed by atoms with Gasteiger partial charge in [0.1, 0.15) is 5.82 Å². The first kappa shape index (κ1) is 21.9. The standard InChI is InChI=1S/C22H21N5O3S2/c1-15-13-20(24-21(28)17-9-11-18(12-10-17)32(29,30)26(2)3)27(25-15)22-23-19(14-31-22)16-7-5-4-6-8-16/h4-14H,1-3H3,(H,24,28). The maximum Gasteiger partial charge on any atom is 0.256 e. The van der Waals surface area contributed by atoms with Crippen molar-refractivity contribution < 1.29 is 13.2 Å². The van der Waals surface area contributed by atoms with E-state index in [4.69, 9.17) is 0 Å². The van der Waals surface area contributed by atoms with E-state index in [1.54, 1.807) is 10.7 Å². The van der Waals surface area contributed by atoms with Crippen molar-refractivity contribution in [1.29, 1.82) is 0 Å². The van der Waals surface area contributed by atoms with Crippen LogP contribution in [-0.4, -0.2) is 47.5 Å². The highest BCUT2D eigenvalue weighted by Gasteiger charge is 2.19. The molecule has 1 amide bonds. The summed E-state index contributed by atoms with van der Waals surface area (Å²) in [6.07, 6.45) is 0. The molecule has 2 aromatic carbocycles. The van der Waals surface area contributed by atoms with E-state index in [0.29, 0.717) is 16.5 Å². The number of carbonyl (C=O) groups is 1. The number of sulfonamides is 1. The number of hydrogen-bond donors (Lipinski definition) is 1. The van der Waals surface area contributed by atoms with Gasteiger partial charge in [-0.3, -0.25) is 4.79 Å². The lowest BCUT2D eigenvalue weighted by Gasteiger charge is -2.11. The van der Waals surface area contributed by atoms with E-state index in [1.165, 1.54) is 49.7 Å². The molecule has 4 rings (SSSR count). The maximum absolute atomic E-state index is 12.8. The van der Waals surface area contributed by atoms with Gasteiger partial charge in [0.2, 0.25) is 15.2 Å². The summed E-state index contributed by atoms with van der Waals surface area (Å²) in [5.41, 5.74) is 2.88. The first-order valence-electron chi connectivity index (χ1n) is 9.67. The quantitative estimate of drug-likeness (QED) is 0.465. The van der Waals surface area contributed by atoms with Gasteiger partial charge in [0.25, 0.3) is 5.91 Å². The number of rotatable bonds is 6. The van der Waals surface area contributed by atoms with Crippen LogP contribution in [0.5, 0.6) is 0 Å². The minimum absolute atomic E-state index is 0.121. The van der Waals surface area contributed by atoms with Crippen molar-refractivity contribution >= 4 is 33.1 Å². The number of amides is 1. The van der Waals surface area contributed by atoms with Gasteiger partial charge in [-0.2, -0.15) is 9.78 Å². The second kappa shape index (κ2) is 8.65. The predicted molar refractivity (Wildman–Crippen MR) is 125 cm³/mol. The van der Waals surface area contributed by atoms with E-state index >= 15 is 0 Å². The molecule has 0 spiro atoms. The Balaban J connectivity index is 1.58. The van der Waals surface area contributed by atoms with Gasteiger partial charge in [0, 0.05) is 36.7 Å². The fraction of sp³-hybridized carbons (Fsp3) is 0.136. The van der Waals surface area contributed by atoms with E-state index in [9.17, 15) is 13.2 Å². The van der Waals surface area contributed by atoms with Crippen LogP contribution in [0.1, 0.15) is 16.1 Å². The summed E-state index contributed by atoms with van der Waals surface area (Å²) in [6.45, 7) is 1.83. The number of nitrogens with zero attached hydrogens (tertiary/aromatic N) is 4. The Morgan fingerprint density at radius 1 is 1.06 bits per heavy atom. The first-order valence-corrected chi connectivity index (χ1v) is 12.0. The zero-order chi connectivity index (χ0) is 22.9. The number of anilines is 1. The predicted octanol–water partition coefficient (Wildman–Crippen LogP) is 3.81. The molecule has 8 nitrogen and oxygen atoms in total. The van der Waals surface area contributed by atoms with E-state index < -0.39 is 10.0 Å². The van der Waals surface area contributed by atoms with Gasteiger partial charge in [-0.1, -0.05) is 30.3 Å². The van der Waals surface area contributed by atoms with Crippen LogP contribution in [0.3, 0.4) is 0 Å². The maximum atomic E-state index is 12.8. The molecule has 0 saturated carbocycles. The van der Waals surface area contributed by atoms with Gasteiger partial charge < -0.3 is 5.32 Å². The van der Waals surface area contributed by atoms with Crippen molar-refractivity contribution in [2.45, 2.75) is 11.8 Å². The molecule has 0 aliphatic heterocycles. The van der Waals surface area contributed by atoms with Gasteiger partial charge in [0.15, 0.2) is 0 Å². The molecule has 0 atom stereocenters. The van der Waals surface area contributed by atoms with E-state index in [1.807, 2.05) is 42.6 Å². The SMILES string of the molecule is Cc1cc(NC(=O)c2ccc(S(=O)(=O)N(C)C)cc2)n(-c2nc(-c3ccccc3)cs2)n1. The molecular formula is C22H21N5O3S2. The number of aromatic nitrogens is 3. The molecule has 0 aliphatic carbocycles. The minimum atomic E-state index is -3.56. The second-order valence-electron chi connectivity index (χ2n) is 7.23. The minimum Gasteiger partial charge on any atom is -0.306 e. The summed E-state index contributed by atoms with van der Waals surface area (Å²) >= 11 is 1.42. The lowest BCUT2D eigenvalue weighted by Crippen LogP contribution is -2.22. The molecule has 4 aromatic rings. The van der Waals surface area contributed by atoms with Crippen molar-refractivity contribution in [2.24, 2.45) is 0 Å². The Bertz CT molecular complexity index is 1360. The van der Waals surface area contributed by atoms with Crippen LogP contribution in [0, 0.1) is 6.92 Å². The molecular weight excluding hydrogens is 446 g/mol.